The predicted molar refractivity (Wildman–Crippen MR) is 120 cm³/mol. The number of ether oxygens (including phenoxy) is 1. The summed E-state index contributed by atoms with van der Waals surface area (Å²) >= 11 is 1.61. The molecular formula is C24H28N2O4S. The lowest BCUT2D eigenvalue weighted by Crippen LogP contribution is -2.46. The molecule has 1 aromatic heterocycles. The van der Waals surface area contributed by atoms with Crippen molar-refractivity contribution in [3.05, 3.63) is 58.9 Å². The molecular weight excluding hydrogens is 412 g/mol. The Balaban J connectivity index is 1.38. The number of rotatable bonds is 7. The minimum absolute atomic E-state index is 0.0114. The van der Waals surface area contributed by atoms with Gasteiger partial charge in [0, 0.05) is 35.7 Å². The number of hydrogen-bond donors (Lipinski definition) is 0. The summed E-state index contributed by atoms with van der Waals surface area (Å²) in [6.45, 7) is 6.38. The van der Waals surface area contributed by atoms with Crippen LogP contribution in [0.25, 0.3) is 0 Å². The number of fused-ring (bicyclic) bond motifs is 1. The van der Waals surface area contributed by atoms with Crippen LogP contribution in [0.3, 0.4) is 0 Å². The summed E-state index contributed by atoms with van der Waals surface area (Å²) in [5, 5.41) is 0. The molecule has 2 aliphatic heterocycles. The van der Waals surface area contributed by atoms with Crippen molar-refractivity contribution in [2.45, 2.75) is 57.5 Å². The van der Waals surface area contributed by atoms with Crippen LogP contribution in [-0.2, 0) is 27.3 Å². The highest BCUT2D eigenvalue weighted by Crippen LogP contribution is 2.47. The number of amides is 1. The fourth-order valence-electron chi connectivity index (χ4n) is 4.62. The van der Waals surface area contributed by atoms with Crippen molar-refractivity contribution >= 4 is 29.4 Å². The van der Waals surface area contributed by atoms with Crippen molar-refractivity contribution in [3.8, 4) is 0 Å². The minimum Gasteiger partial charge on any atom is -0.456 e. The summed E-state index contributed by atoms with van der Waals surface area (Å²) < 4.78 is 7.50. The van der Waals surface area contributed by atoms with E-state index >= 15 is 0 Å². The smallest absolute Gasteiger partial charge is 0.330 e. The maximum atomic E-state index is 12.8. The van der Waals surface area contributed by atoms with Gasteiger partial charge >= 0.3 is 5.97 Å². The molecule has 1 aromatic carbocycles. The average Bonchev–Trinajstić information content (AvgIpc) is 3.36. The number of thioether (sulfide) groups is 1. The van der Waals surface area contributed by atoms with Crippen molar-refractivity contribution in [1.29, 1.82) is 0 Å². The fourth-order valence-corrected chi connectivity index (χ4v) is 6.04. The Hall–Kier alpha value is -2.54. The van der Waals surface area contributed by atoms with Crippen LogP contribution in [-0.4, -0.2) is 50.4 Å². The molecule has 4 rings (SSSR count). The number of esters is 1. The normalized spacial score (nSPS) is 22.6. The number of aryl methyl sites for hydroxylation is 2. The summed E-state index contributed by atoms with van der Waals surface area (Å²) in [5.41, 5.74) is 3.72. The average molecular weight is 441 g/mol. The van der Waals surface area contributed by atoms with E-state index in [1.807, 2.05) is 45.0 Å². The summed E-state index contributed by atoms with van der Waals surface area (Å²) in [7, 11) is 0. The van der Waals surface area contributed by atoms with Gasteiger partial charge in [0.05, 0.1) is 4.87 Å². The standard InChI is InChI=1S/C24H28N2O4S/c1-16-13-19(17(2)25(16)12-10-18-7-5-4-6-8-18)21(27)14-30-23(29)20-15-31-24(3)11-9-22(28)26(20)24/h4-8,13,20H,9-12,14-15H2,1-3H3/t20-,24-/m1/s1. The molecule has 0 saturated carbocycles. The number of ketones is 1. The molecule has 0 N–H and O–H groups in total. The molecule has 0 radical (unpaired) electrons. The van der Waals surface area contributed by atoms with Crippen LogP contribution in [0.5, 0.6) is 0 Å². The first-order valence-corrected chi connectivity index (χ1v) is 11.7. The summed E-state index contributed by atoms with van der Waals surface area (Å²) in [4.78, 5) is 39.0. The van der Waals surface area contributed by atoms with Crippen LogP contribution in [0, 0.1) is 13.8 Å². The zero-order valence-electron chi connectivity index (χ0n) is 18.2. The van der Waals surface area contributed by atoms with Crippen LogP contribution in [0.1, 0.15) is 47.1 Å². The fraction of sp³-hybridized carbons (Fsp3) is 0.458. The lowest BCUT2D eigenvalue weighted by molar-refractivity contribution is -0.152. The zero-order valence-corrected chi connectivity index (χ0v) is 19.0. The van der Waals surface area contributed by atoms with Crippen LogP contribution >= 0.6 is 11.8 Å². The van der Waals surface area contributed by atoms with Gasteiger partial charge in [-0.3, -0.25) is 9.59 Å². The van der Waals surface area contributed by atoms with E-state index < -0.39 is 12.0 Å². The number of aromatic nitrogens is 1. The van der Waals surface area contributed by atoms with E-state index in [1.165, 1.54) is 5.56 Å². The largest absolute Gasteiger partial charge is 0.456 e. The maximum absolute atomic E-state index is 12.8. The van der Waals surface area contributed by atoms with Gasteiger partial charge in [-0.2, -0.15) is 0 Å². The number of Topliss-reactive ketones (excluding diaryl/α,β-unsaturated/α-hetero) is 1. The van der Waals surface area contributed by atoms with Crippen molar-refractivity contribution in [2.24, 2.45) is 0 Å². The van der Waals surface area contributed by atoms with Crippen LogP contribution in [0.4, 0.5) is 0 Å². The third-order valence-electron chi connectivity index (χ3n) is 6.40. The molecule has 0 unspecified atom stereocenters. The Morgan fingerprint density at radius 3 is 2.71 bits per heavy atom. The Morgan fingerprint density at radius 1 is 1.23 bits per heavy atom. The van der Waals surface area contributed by atoms with E-state index in [0.29, 0.717) is 17.7 Å². The van der Waals surface area contributed by atoms with E-state index in [1.54, 1.807) is 16.7 Å². The van der Waals surface area contributed by atoms with Gasteiger partial charge in [-0.1, -0.05) is 30.3 Å². The van der Waals surface area contributed by atoms with Gasteiger partial charge < -0.3 is 14.2 Å². The Morgan fingerprint density at radius 2 is 1.97 bits per heavy atom. The number of carbonyl (C=O) groups excluding carboxylic acids is 3. The Bertz CT molecular complexity index is 1020. The van der Waals surface area contributed by atoms with Crippen molar-refractivity contribution in [2.75, 3.05) is 12.4 Å². The van der Waals surface area contributed by atoms with E-state index in [0.717, 1.165) is 30.8 Å². The van der Waals surface area contributed by atoms with Crippen LogP contribution < -0.4 is 0 Å². The summed E-state index contributed by atoms with van der Waals surface area (Å²) in [5.74, 6) is -0.197. The van der Waals surface area contributed by atoms with Gasteiger partial charge in [0.15, 0.2) is 6.61 Å². The molecule has 2 fully saturated rings. The van der Waals surface area contributed by atoms with E-state index in [4.69, 9.17) is 4.74 Å². The van der Waals surface area contributed by atoms with Crippen molar-refractivity contribution < 1.29 is 19.1 Å². The number of hydrogen-bond acceptors (Lipinski definition) is 5. The molecule has 7 heteroatoms. The summed E-state index contributed by atoms with van der Waals surface area (Å²) in [6.07, 6.45) is 2.08. The highest BCUT2D eigenvalue weighted by Gasteiger charge is 2.53. The summed E-state index contributed by atoms with van der Waals surface area (Å²) in [6, 6.07) is 11.5. The molecule has 6 nitrogen and oxygen atoms in total. The molecule has 0 aliphatic carbocycles. The lowest BCUT2D eigenvalue weighted by Gasteiger charge is -2.29. The van der Waals surface area contributed by atoms with Gasteiger partial charge in [0.2, 0.25) is 11.7 Å². The van der Waals surface area contributed by atoms with Gasteiger partial charge in [-0.05, 0) is 45.2 Å². The highest BCUT2D eigenvalue weighted by molar-refractivity contribution is 8.01. The van der Waals surface area contributed by atoms with E-state index in [-0.39, 0.29) is 23.2 Å². The second-order valence-electron chi connectivity index (χ2n) is 8.47. The molecule has 2 atom stereocenters. The van der Waals surface area contributed by atoms with E-state index in [2.05, 4.69) is 16.7 Å². The first-order valence-electron chi connectivity index (χ1n) is 10.7. The third kappa shape index (κ3) is 4.15. The third-order valence-corrected chi connectivity index (χ3v) is 7.91. The zero-order chi connectivity index (χ0) is 22.2. The minimum atomic E-state index is -0.601. The van der Waals surface area contributed by atoms with Gasteiger partial charge in [-0.15, -0.1) is 11.8 Å². The van der Waals surface area contributed by atoms with E-state index in [9.17, 15) is 14.4 Å². The second kappa shape index (κ2) is 8.54. The molecule has 164 valence electrons. The molecule has 1 amide bonds. The SMILES string of the molecule is Cc1cc(C(=O)COC(=O)[C@H]2CS[C@]3(C)CCC(=O)N23)c(C)n1CCc1ccccc1. The van der Waals surface area contributed by atoms with Gasteiger partial charge in [0.25, 0.3) is 0 Å². The molecule has 3 heterocycles. The van der Waals surface area contributed by atoms with Crippen molar-refractivity contribution in [1.82, 2.24) is 9.47 Å². The Labute approximate surface area is 186 Å². The van der Waals surface area contributed by atoms with Crippen LogP contribution in [0.2, 0.25) is 0 Å². The number of nitrogens with zero attached hydrogens (tertiary/aromatic N) is 2. The molecule has 0 spiro atoms. The lowest BCUT2D eigenvalue weighted by atomic mass is 10.1. The first kappa shape index (κ1) is 21.7. The Kier molecular flexibility index (Phi) is 5.97. The van der Waals surface area contributed by atoms with Gasteiger partial charge in [-0.25, -0.2) is 4.79 Å². The molecule has 2 aromatic rings. The number of carbonyl (C=O) groups is 3. The maximum Gasteiger partial charge on any atom is 0.330 e. The monoisotopic (exact) mass is 440 g/mol. The second-order valence-corrected chi connectivity index (χ2v) is 9.97. The molecule has 2 saturated heterocycles. The van der Waals surface area contributed by atoms with Gasteiger partial charge in [0.1, 0.15) is 6.04 Å². The molecule has 31 heavy (non-hydrogen) atoms. The van der Waals surface area contributed by atoms with Crippen LogP contribution in [0.15, 0.2) is 36.4 Å². The molecule has 0 bridgehead atoms. The van der Waals surface area contributed by atoms with Crippen molar-refractivity contribution in [3.63, 3.8) is 0 Å². The topological polar surface area (TPSA) is 68.6 Å². The quantitative estimate of drug-likeness (QED) is 0.487. The number of benzene rings is 1. The first-order chi connectivity index (χ1) is 14.8. The predicted octanol–water partition coefficient (Wildman–Crippen LogP) is 3.53. The highest BCUT2D eigenvalue weighted by atomic mass is 32.2. The molecule has 2 aliphatic rings.